The number of piperidine rings is 1. The average Bonchev–Trinajstić information content (AvgIpc) is 3.35. The molecule has 154 valence electrons. The molecule has 4 rings (SSSR count). The number of carbonyl (C=O) groups excluding carboxylic acids is 2. The minimum Gasteiger partial charge on any atom is -0.341 e. The fraction of sp³-hybridized carbons (Fsp3) is 0.500. The second kappa shape index (κ2) is 7.97. The van der Waals surface area contributed by atoms with E-state index in [1.807, 2.05) is 4.90 Å². The standard InChI is InChI=1S/C22H27FN4O2/c1-15-9-12-26(13-10-15)22(29)19-4-3-11-27(19)21(28)18-14-20(25(2)24-18)16-5-7-17(23)8-6-16/h5-8,14-15,19H,3-4,9-13H2,1-2H3/t19-/m0/s1. The van der Waals surface area contributed by atoms with Crippen LogP contribution in [0.5, 0.6) is 0 Å². The maximum atomic E-state index is 13.2. The molecule has 0 unspecified atom stereocenters. The summed E-state index contributed by atoms with van der Waals surface area (Å²) in [6.45, 7) is 4.34. The van der Waals surface area contributed by atoms with Crippen LogP contribution in [0.15, 0.2) is 30.3 Å². The van der Waals surface area contributed by atoms with Gasteiger partial charge < -0.3 is 9.80 Å². The van der Waals surface area contributed by atoms with Gasteiger partial charge in [0.15, 0.2) is 5.69 Å². The monoisotopic (exact) mass is 398 g/mol. The number of amides is 2. The third kappa shape index (κ3) is 3.91. The highest BCUT2D eigenvalue weighted by Gasteiger charge is 2.38. The van der Waals surface area contributed by atoms with E-state index < -0.39 is 6.04 Å². The summed E-state index contributed by atoms with van der Waals surface area (Å²) in [6, 6.07) is 7.43. The largest absolute Gasteiger partial charge is 0.341 e. The zero-order valence-corrected chi connectivity index (χ0v) is 17.0. The van der Waals surface area contributed by atoms with Gasteiger partial charge in [-0.2, -0.15) is 5.10 Å². The van der Waals surface area contributed by atoms with Crippen molar-refractivity contribution >= 4 is 11.8 Å². The molecule has 0 bridgehead atoms. The van der Waals surface area contributed by atoms with Crippen molar-refractivity contribution in [2.45, 2.75) is 38.6 Å². The minimum absolute atomic E-state index is 0.0671. The Kier molecular flexibility index (Phi) is 5.39. The van der Waals surface area contributed by atoms with E-state index in [1.165, 1.54) is 12.1 Å². The zero-order chi connectivity index (χ0) is 20.5. The SMILES string of the molecule is CC1CCN(C(=O)[C@@H]2CCCN2C(=O)c2cc(-c3ccc(F)cc3)n(C)n2)CC1. The summed E-state index contributed by atoms with van der Waals surface area (Å²) in [4.78, 5) is 29.8. The number of rotatable bonds is 3. The van der Waals surface area contributed by atoms with Crippen molar-refractivity contribution < 1.29 is 14.0 Å². The number of likely N-dealkylation sites (tertiary alicyclic amines) is 2. The molecule has 6 nitrogen and oxygen atoms in total. The summed E-state index contributed by atoms with van der Waals surface area (Å²) in [5, 5.41) is 4.38. The Morgan fingerprint density at radius 2 is 1.76 bits per heavy atom. The predicted octanol–water partition coefficient (Wildman–Crippen LogP) is 3.09. The van der Waals surface area contributed by atoms with Crippen molar-refractivity contribution in [3.63, 3.8) is 0 Å². The van der Waals surface area contributed by atoms with Gasteiger partial charge in [0.2, 0.25) is 5.91 Å². The molecule has 2 aliphatic rings. The number of hydrogen-bond acceptors (Lipinski definition) is 3. The molecule has 2 saturated heterocycles. The quantitative estimate of drug-likeness (QED) is 0.798. The number of benzene rings is 1. The second-order valence-electron chi connectivity index (χ2n) is 8.21. The third-order valence-electron chi connectivity index (χ3n) is 6.13. The predicted molar refractivity (Wildman–Crippen MR) is 108 cm³/mol. The molecule has 0 N–H and O–H groups in total. The Hall–Kier alpha value is -2.70. The van der Waals surface area contributed by atoms with E-state index in [0.29, 0.717) is 24.6 Å². The first-order valence-electron chi connectivity index (χ1n) is 10.3. The molecule has 7 heteroatoms. The van der Waals surface area contributed by atoms with Crippen molar-refractivity contribution in [2.75, 3.05) is 19.6 Å². The minimum atomic E-state index is -0.396. The number of aromatic nitrogens is 2. The van der Waals surface area contributed by atoms with Crippen LogP contribution in [0.2, 0.25) is 0 Å². The fourth-order valence-electron chi connectivity index (χ4n) is 4.32. The van der Waals surface area contributed by atoms with Crippen LogP contribution in [0.3, 0.4) is 0 Å². The highest BCUT2D eigenvalue weighted by Crippen LogP contribution is 2.26. The molecule has 3 heterocycles. The molecule has 29 heavy (non-hydrogen) atoms. The summed E-state index contributed by atoms with van der Waals surface area (Å²) in [5.41, 5.74) is 1.84. The van der Waals surface area contributed by atoms with E-state index in [4.69, 9.17) is 0 Å². The molecule has 2 aliphatic heterocycles. The molecule has 0 radical (unpaired) electrons. The van der Waals surface area contributed by atoms with E-state index in [1.54, 1.807) is 34.8 Å². The van der Waals surface area contributed by atoms with Gasteiger partial charge in [0.1, 0.15) is 11.9 Å². The van der Waals surface area contributed by atoms with E-state index >= 15 is 0 Å². The number of carbonyl (C=O) groups is 2. The average molecular weight is 398 g/mol. The van der Waals surface area contributed by atoms with E-state index in [-0.39, 0.29) is 17.6 Å². The van der Waals surface area contributed by atoms with Gasteiger partial charge in [-0.3, -0.25) is 14.3 Å². The van der Waals surface area contributed by atoms with Crippen LogP contribution in [0, 0.1) is 11.7 Å². The van der Waals surface area contributed by atoms with Gasteiger partial charge in [-0.1, -0.05) is 6.92 Å². The summed E-state index contributed by atoms with van der Waals surface area (Å²) in [5.74, 6) is 0.198. The van der Waals surface area contributed by atoms with Crippen LogP contribution in [0.4, 0.5) is 4.39 Å². The lowest BCUT2D eigenvalue weighted by Crippen LogP contribution is -2.49. The normalized spacial score (nSPS) is 20.3. The van der Waals surface area contributed by atoms with Crippen LogP contribution in [0.1, 0.15) is 43.1 Å². The highest BCUT2D eigenvalue weighted by molar-refractivity contribution is 5.97. The number of aryl methyl sites for hydroxylation is 1. The van der Waals surface area contributed by atoms with Crippen LogP contribution >= 0.6 is 0 Å². The van der Waals surface area contributed by atoms with E-state index in [0.717, 1.165) is 43.6 Å². The first kappa shape index (κ1) is 19.6. The van der Waals surface area contributed by atoms with E-state index in [2.05, 4.69) is 12.0 Å². The smallest absolute Gasteiger partial charge is 0.275 e. The van der Waals surface area contributed by atoms with Gasteiger partial charge in [0, 0.05) is 26.7 Å². The van der Waals surface area contributed by atoms with Crippen LogP contribution in [-0.2, 0) is 11.8 Å². The number of hydrogen-bond donors (Lipinski definition) is 0. The summed E-state index contributed by atoms with van der Waals surface area (Å²) in [7, 11) is 1.76. The molecule has 0 aliphatic carbocycles. The van der Waals surface area contributed by atoms with Crippen LogP contribution < -0.4 is 0 Å². The maximum absolute atomic E-state index is 13.2. The summed E-state index contributed by atoms with van der Waals surface area (Å²) in [6.07, 6.45) is 3.57. The first-order chi connectivity index (χ1) is 13.9. The Morgan fingerprint density at radius 1 is 1.07 bits per heavy atom. The Bertz CT molecular complexity index is 900. The highest BCUT2D eigenvalue weighted by atomic mass is 19.1. The molecular formula is C22H27FN4O2. The molecular weight excluding hydrogens is 371 g/mol. The molecule has 0 saturated carbocycles. The number of halogens is 1. The topological polar surface area (TPSA) is 58.4 Å². The first-order valence-corrected chi connectivity index (χ1v) is 10.3. The van der Waals surface area contributed by atoms with Crippen LogP contribution in [0.25, 0.3) is 11.3 Å². The molecule has 1 aromatic carbocycles. The second-order valence-corrected chi connectivity index (χ2v) is 8.21. The van der Waals surface area contributed by atoms with Gasteiger partial charge in [-0.05, 0) is 67.5 Å². The zero-order valence-electron chi connectivity index (χ0n) is 17.0. The molecule has 1 atom stereocenters. The van der Waals surface area contributed by atoms with Crippen molar-refractivity contribution in [2.24, 2.45) is 13.0 Å². The molecule has 1 aromatic heterocycles. The lowest BCUT2D eigenvalue weighted by molar-refractivity contribution is -0.136. The number of nitrogens with zero attached hydrogens (tertiary/aromatic N) is 4. The van der Waals surface area contributed by atoms with Gasteiger partial charge in [0.25, 0.3) is 5.91 Å². The summed E-state index contributed by atoms with van der Waals surface area (Å²) >= 11 is 0. The fourth-order valence-corrected chi connectivity index (χ4v) is 4.32. The van der Waals surface area contributed by atoms with E-state index in [9.17, 15) is 14.0 Å². The third-order valence-corrected chi connectivity index (χ3v) is 6.13. The lowest BCUT2D eigenvalue weighted by Gasteiger charge is -2.34. The van der Waals surface area contributed by atoms with Gasteiger partial charge in [0.05, 0.1) is 5.69 Å². The van der Waals surface area contributed by atoms with Gasteiger partial charge in [-0.15, -0.1) is 0 Å². The summed E-state index contributed by atoms with van der Waals surface area (Å²) < 4.78 is 14.8. The van der Waals surface area contributed by atoms with Crippen molar-refractivity contribution in [1.82, 2.24) is 19.6 Å². The molecule has 2 fully saturated rings. The van der Waals surface area contributed by atoms with Crippen molar-refractivity contribution in [1.29, 1.82) is 0 Å². The molecule has 2 amide bonds. The van der Waals surface area contributed by atoms with Gasteiger partial charge in [-0.25, -0.2) is 4.39 Å². The Labute approximate surface area is 170 Å². The van der Waals surface area contributed by atoms with Crippen LogP contribution in [-0.4, -0.2) is 57.1 Å². The van der Waals surface area contributed by atoms with Crippen molar-refractivity contribution in [3.05, 3.63) is 41.8 Å². The molecule has 2 aromatic rings. The molecule has 0 spiro atoms. The van der Waals surface area contributed by atoms with Gasteiger partial charge >= 0.3 is 0 Å². The Balaban J connectivity index is 1.52. The van der Waals surface area contributed by atoms with Crippen molar-refractivity contribution in [3.8, 4) is 11.3 Å². The maximum Gasteiger partial charge on any atom is 0.275 e. The Morgan fingerprint density at radius 3 is 2.45 bits per heavy atom. The lowest BCUT2D eigenvalue weighted by atomic mass is 9.98.